The zero-order valence-corrected chi connectivity index (χ0v) is 18.9. The fraction of sp³-hybridized carbons (Fsp3) is 0.308. The molecule has 1 aliphatic rings. The molecule has 7 heteroatoms. The van der Waals surface area contributed by atoms with Crippen LogP contribution in [0.4, 0.5) is 0 Å². The molecule has 0 radical (unpaired) electrons. The number of hydrogen-bond donors (Lipinski definition) is 1. The molecule has 1 aliphatic heterocycles. The Morgan fingerprint density at radius 2 is 1.85 bits per heavy atom. The average Bonchev–Trinajstić information content (AvgIpc) is 2.85. The molecule has 2 amide bonds. The van der Waals surface area contributed by atoms with Crippen molar-refractivity contribution in [2.24, 2.45) is 0 Å². The van der Waals surface area contributed by atoms with Gasteiger partial charge in [-0.3, -0.25) is 14.6 Å². The Morgan fingerprint density at radius 1 is 1.09 bits per heavy atom. The van der Waals surface area contributed by atoms with E-state index in [2.05, 4.69) is 15.3 Å². The fourth-order valence-corrected chi connectivity index (χ4v) is 4.13. The van der Waals surface area contributed by atoms with Crippen molar-refractivity contribution in [3.05, 3.63) is 84.4 Å². The molecule has 2 aromatic carbocycles. The Bertz CT molecular complexity index is 1100. The Kier molecular flexibility index (Phi) is 6.79. The van der Waals surface area contributed by atoms with E-state index < -0.39 is 5.60 Å². The smallest absolute Gasteiger partial charge is 0.274 e. The second-order valence-corrected chi connectivity index (χ2v) is 8.49. The van der Waals surface area contributed by atoms with Crippen LogP contribution in [0.15, 0.2) is 73.2 Å². The SMILES string of the molecule is CC(C)NC(=O)C1(Cc2ccccc2-c2ccccc2)CN(C(=O)c2cnccn2)CCO1. The molecule has 0 saturated carbocycles. The molecule has 33 heavy (non-hydrogen) atoms. The van der Waals surface area contributed by atoms with E-state index in [0.29, 0.717) is 13.0 Å². The summed E-state index contributed by atoms with van der Waals surface area (Å²) in [5, 5.41) is 3.00. The highest BCUT2D eigenvalue weighted by Crippen LogP contribution is 2.31. The normalized spacial score (nSPS) is 18.2. The Labute approximate surface area is 193 Å². The summed E-state index contributed by atoms with van der Waals surface area (Å²) in [5.41, 5.74) is 2.12. The molecule has 170 valence electrons. The van der Waals surface area contributed by atoms with E-state index in [1.165, 1.54) is 18.6 Å². The summed E-state index contributed by atoms with van der Waals surface area (Å²) in [7, 11) is 0. The number of carbonyl (C=O) groups is 2. The van der Waals surface area contributed by atoms with Crippen molar-refractivity contribution in [2.45, 2.75) is 31.9 Å². The van der Waals surface area contributed by atoms with Crippen LogP contribution in [-0.2, 0) is 16.0 Å². The predicted octanol–water partition coefficient (Wildman–Crippen LogP) is 3.12. The first kappa shape index (κ1) is 22.6. The minimum atomic E-state index is -1.22. The quantitative estimate of drug-likeness (QED) is 0.632. The number of ether oxygens (including phenoxy) is 1. The lowest BCUT2D eigenvalue weighted by atomic mass is 9.87. The van der Waals surface area contributed by atoms with Crippen LogP contribution in [0.5, 0.6) is 0 Å². The van der Waals surface area contributed by atoms with Crippen molar-refractivity contribution in [1.29, 1.82) is 0 Å². The number of nitrogens with zero attached hydrogens (tertiary/aromatic N) is 3. The van der Waals surface area contributed by atoms with Crippen LogP contribution in [0.2, 0.25) is 0 Å². The molecule has 0 aliphatic carbocycles. The van der Waals surface area contributed by atoms with Gasteiger partial charge in [0, 0.05) is 31.4 Å². The molecule has 1 atom stereocenters. The van der Waals surface area contributed by atoms with E-state index in [4.69, 9.17) is 4.74 Å². The summed E-state index contributed by atoms with van der Waals surface area (Å²) in [6.45, 7) is 4.59. The van der Waals surface area contributed by atoms with Gasteiger partial charge in [0.25, 0.3) is 11.8 Å². The summed E-state index contributed by atoms with van der Waals surface area (Å²) in [5.74, 6) is -0.485. The molecule has 4 rings (SSSR count). The highest BCUT2D eigenvalue weighted by Gasteiger charge is 2.46. The van der Waals surface area contributed by atoms with Gasteiger partial charge in [-0.05, 0) is 30.5 Å². The largest absolute Gasteiger partial charge is 0.361 e. The molecule has 1 unspecified atom stereocenters. The second-order valence-electron chi connectivity index (χ2n) is 8.49. The van der Waals surface area contributed by atoms with E-state index in [1.54, 1.807) is 4.90 Å². The van der Waals surface area contributed by atoms with Gasteiger partial charge >= 0.3 is 0 Å². The van der Waals surface area contributed by atoms with Gasteiger partial charge in [-0.1, -0.05) is 54.6 Å². The molecular formula is C26H28N4O3. The number of carbonyl (C=O) groups excluding carboxylic acids is 2. The molecule has 0 bridgehead atoms. The van der Waals surface area contributed by atoms with Gasteiger partial charge in [0.2, 0.25) is 0 Å². The monoisotopic (exact) mass is 444 g/mol. The summed E-state index contributed by atoms with van der Waals surface area (Å²) in [6, 6.07) is 18.0. The van der Waals surface area contributed by atoms with Gasteiger partial charge in [0.1, 0.15) is 5.69 Å². The average molecular weight is 445 g/mol. The third kappa shape index (κ3) is 5.09. The van der Waals surface area contributed by atoms with Gasteiger partial charge in [-0.15, -0.1) is 0 Å². The van der Waals surface area contributed by atoms with Crippen molar-refractivity contribution in [1.82, 2.24) is 20.2 Å². The van der Waals surface area contributed by atoms with Gasteiger partial charge < -0.3 is 15.0 Å². The molecule has 1 saturated heterocycles. The van der Waals surface area contributed by atoms with E-state index >= 15 is 0 Å². The Hall–Kier alpha value is -3.58. The van der Waals surface area contributed by atoms with Crippen LogP contribution >= 0.6 is 0 Å². The number of morpholine rings is 1. The van der Waals surface area contributed by atoms with Crippen molar-refractivity contribution >= 4 is 11.8 Å². The standard InChI is InChI=1S/C26H28N4O3/c1-19(2)29-25(32)26(16-21-10-6-7-11-22(21)20-8-4-3-5-9-20)18-30(14-15-33-26)24(31)23-17-27-12-13-28-23/h3-13,17,19H,14-16,18H2,1-2H3,(H,29,32). The second kappa shape index (κ2) is 9.92. The van der Waals surface area contributed by atoms with E-state index in [0.717, 1.165) is 16.7 Å². The van der Waals surface area contributed by atoms with E-state index in [-0.39, 0.29) is 36.7 Å². The van der Waals surface area contributed by atoms with Crippen LogP contribution < -0.4 is 5.32 Å². The number of hydrogen-bond acceptors (Lipinski definition) is 5. The van der Waals surface area contributed by atoms with Crippen LogP contribution in [0.25, 0.3) is 11.1 Å². The molecular weight excluding hydrogens is 416 g/mol. The zero-order chi connectivity index (χ0) is 23.3. The Morgan fingerprint density at radius 3 is 2.58 bits per heavy atom. The van der Waals surface area contributed by atoms with Gasteiger partial charge in [0.15, 0.2) is 5.60 Å². The topological polar surface area (TPSA) is 84.4 Å². The van der Waals surface area contributed by atoms with Crippen molar-refractivity contribution in [3.8, 4) is 11.1 Å². The van der Waals surface area contributed by atoms with Gasteiger partial charge in [-0.25, -0.2) is 4.98 Å². The maximum Gasteiger partial charge on any atom is 0.274 e. The lowest BCUT2D eigenvalue weighted by molar-refractivity contribution is -0.157. The zero-order valence-electron chi connectivity index (χ0n) is 18.9. The molecule has 0 spiro atoms. The van der Waals surface area contributed by atoms with Gasteiger partial charge in [0.05, 0.1) is 19.3 Å². The van der Waals surface area contributed by atoms with Crippen LogP contribution in [-0.4, -0.2) is 58.0 Å². The van der Waals surface area contributed by atoms with Gasteiger partial charge in [-0.2, -0.15) is 0 Å². The maximum absolute atomic E-state index is 13.5. The number of rotatable bonds is 6. The number of aromatic nitrogens is 2. The molecule has 3 aromatic rings. The third-order valence-electron chi connectivity index (χ3n) is 5.67. The minimum absolute atomic E-state index is 0.0617. The minimum Gasteiger partial charge on any atom is -0.361 e. The van der Waals surface area contributed by atoms with Crippen LogP contribution in [0.3, 0.4) is 0 Å². The molecule has 1 aromatic heterocycles. The molecule has 2 heterocycles. The number of benzene rings is 2. The maximum atomic E-state index is 13.5. The highest BCUT2D eigenvalue weighted by molar-refractivity contribution is 5.93. The summed E-state index contributed by atoms with van der Waals surface area (Å²) in [4.78, 5) is 36.4. The van der Waals surface area contributed by atoms with Crippen molar-refractivity contribution < 1.29 is 14.3 Å². The highest BCUT2D eigenvalue weighted by atomic mass is 16.5. The first-order chi connectivity index (χ1) is 16.0. The first-order valence-electron chi connectivity index (χ1n) is 11.1. The molecule has 7 nitrogen and oxygen atoms in total. The summed E-state index contributed by atoms with van der Waals surface area (Å²) in [6.07, 6.45) is 4.79. The number of nitrogens with one attached hydrogen (secondary N) is 1. The first-order valence-corrected chi connectivity index (χ1v) is 11.1. The van der Waals surface area contributed by atoms with E-state index in [1.807, 2.05) is 68.4 Å². The van der Waals surface area contributed by atoms with Crippen molar-refractivity contribution in [2.75, 3.05) is 19.7 Å². The number of amides is 2. The van der Waals surface area contributed by atoms with Crippen LogP contribution in [0.1, 0.15) is 29.9 Å². The predicted molar refractivity (Wildman–Crippen MR) is 125 cm³/mol. The summed E-state index contributed by atoms with van der Waals surface area (Å²) < 4.78 is 6.20. The molecule has 1 N–H and O–H groups in total. The lowest BCUT2D eigenvalue weighted by Gasteiger charge is -2.42. The van der Waals surface area contributed by atoms with Crippen LogP contribution in [0, 0.1) is 0 Å². The van der Waals surface area contributed by atoms with Crippen molar-refractivity contribution in [3.63, 3.8) is 0 Å². The van der Waals surface area contributed by atoms with E-state index in [9.17, 15) is 9.59 Å². The Balaban J connectivity index is 1.69. The third-order valence-corrected chi connectivity index (χ3v) is 5.67. The lowest BCUT2D eigenvalue weighted by Crippen LogP contribution is -2.62. The fourth-order valence-electron chi connectivity index (χ4n) is 4.13. The molecule has 1 fully saturated rings. The summed E-state index contributed by atoms with van der Waals surface area (Å²) >= 11 is 0.